The van der Waals surface area contributed by atoms with E-state index < -0.39 is 6.61 Å². The third-order valence-corrected chi connectivity index (χ3v) is 4.57. The molecule has 1 unspecified atom stereocenters. The molecule has 0 saturated carbocycles. The molecule has 3 rings (SSSR count). The Balaban J connectivity index is 1.62. The minimum Gasteiger partial charge on any atom is -0.435 e. The first-order chi connectivity index (χ1) is 13.0. The zero-order valence-electron chi connectivity index (χ0n) is 14.7. The van der Waals surface area contributed by atoms with Crippen molar-refractivity contribution in [2.75, 3.05) is 19.6 Å². The molecule has 0 aromatic heterocycles. The number of hydrogen-bond acceptors (Lipinski definition) is 3. The molecule has 1 atom stereocenters. The monoisotopic (exact) mass is 378 g/mol. The van der Waals surface area contributed by atoms with Crippen molar-refractivity contribution >= 4 is 5.91 Å². The quantitative estimate of drug-likeness (QED) is 0.836. The summed E-state index contributed by atoms with van der Waals surface area (Å²) in [6.45, 7) is -1.03. The Morgan fingerprint density at radius 3 is 2.70 bits per heavy atom. The van der Waals surface area contributed by atoms with Crippen molar-refractivity contribution in [1.29, 1.82) is 0 Å². The number of nitrogens with one attached hydrogen (secondary N) is 1. The predicted octanol–water partition coefficient (Wildman–Crippen LogP) is 3.53. The van der Waals surface area contributed by atoms with Crippen LogP contribution in [0.15, 0.2) is 48.5 Å². The lowest BCUT2D eigenvalue weighted by Crippen LogP contribution is -2.48. The Bertz CT molecular complexity index is 768. The minimum atomic E-state index is -2.86. The summed E-state index contributed by atoms with van der Waals surface area (Å²) in [6, 6.07) is 12.4. The molecule has 27 heavy (non-hydrogen) atoms. The Morgan fingerprint density at radius 1 is 1.22 bits per heavy atom. The Hall–Kier alpha value is -2.54. The van der Waals surface area contributed by atoms with Gasteiger partial charge in [-0.15, -0.1) is 0 Å². The number of carbonyl (C=O) groups is 1. The van der Waals surface area contributed by atoms with Gasteiger partial charge in [0.25, 0.3) is 0 Å². The molecular formula is C20H21F3N2O2. The Kier molecular flexibility index (Phi) is 6.34. The number of piperazine rings is 1. The van der Waals surface area contributed by atoms with Crippen LogP contribution in [0, 0.1) is 5.82 Å². The molecule has 1 aliphatic rings. The number of carbonyl (C=O) groups excluding carboxylic acids is 1. The van der Waals surface area contributed by atoms with E-state index in [1.165, 1.54) is 24.3 Å². The fourth-order valence-electron chi connectivity index (χ4n) is 3.25. The van der Waals surface area contributed by atoms with E-state index in [0.29, 0.717) is 32.5 Å². The molecule has 0 aliphatic carbocycles. The SMILES string of the molecule is O=C(CCc1ccc(OC(F)F)cc1)N1CCNCC1c1cccc(F)c1. The average molecular weight is 378 g/mol. The first-order valence-corrected chi connectivity index (χ1v) is 8.82. The second kappa shape index (κ2) is 8.90. The molecular weight excluding hydrogens is 357 g/mol. The first kappa shape index (κ1) is 19.2. The van der Waals surface area contributed by atoms with Crippen LogP contribution in [0.4, 0.5) is 13.2 Å². The predicted molar refractivity (Wildman–Crippen MR) is 95.1 cm³/mol. The topological polar surface area (TPSA) is 41.6 Å². The van der Waals surface area contributed by atoms with Gasteiger partial charge >= 0.3 is 6.61 Å². The second-order valence-electron chi connectivity index (χ2n) is 6.38. The number of rotatable bonds is 6. The fourth-order valence-corrected chi connectivity index (χ4v) is 3.25. The molecule has 7 heteroatoms. The van der Waals surface area contributed by atoms with Gasteiger partial charge in [0.15, 0.2) is 0 Å². The van der Waals surface area contributed by atoms with Gasteiger partial charge in [-0.05, 0) is 41.8 Å². The van der Waals surface area contributed by atoms with E-state index in [1.54, 1.807) is 23.1 Å². The largest absolute Gasteiger partial charge is 0.435 e. The van der Waals surface area contributed by atoms with E-state index >= 15 is 0 Å². The van der Waals surface area contributed by atoms with Gasteiger partial charge < -0.3 is 15.0 Å². The summed E-state index contributed by atoms with van der Waals surface area (Å²) >= 11 is 0. The summed E-state index contributed by atoms with van der Waals surface area (Å²) in [5.74, 6) is -0.247. The molecule has 1 amide bonds. The molecule has 2 aromatic rings. The number of aryl methyl sites for hydroxylation is 1. The molecule has 1 N–H and O–H groups in total. The highest BCUT2D eigenvalue weighted by Gasteiger charge is 2.27. The highest BCUT2D eigenvalue weighted by molar-refractivity contribution is 5.77. The highest BCUT2D eigenvalue weighted by Crippen LogP contribution is 2.24. The van der Waals surface area contributed by atoms with Gasteiger partial charge in [0.05, 0.1) is 6.04 Å². The van der Waals surface area contributed by atoms with E-state index in [2.05, 4.69) is 10.1 Å². The van der Waals surface area contributed by atoms with Crippen molar-refractivity contribution in [1.82, 2.24) is 10.2 Å². The summed E-state index contributed by atoms with van der Waals surface area (Å²) in [6.07, 6.45) is 0.786. The van der Waals surface area contributed by atoms with Crippen molar-refractivity contribution in [2.45, 2.75) is 25.5 Å². The summed E-state index contributed by atoms with van der Waals surface area (Å²) < 4.78 is 42.2. The van der Waals surface area contributed by atoms with E-state index in [1.807, 2.05) is 6.07 Å². The van der Waals surface area contributed by atoms with E-state index in [0.717, 1.165) is 11.1 Å². The Morgan fingerprint density at radius 2 is 2.00 bits per heavy atom. The van der Waals surface area contributed by atoms with Crippen LogP contribution in [-0.4, -0.2) is 37.1 Å². The fraction of sp³-hybridized carbons (Fsp3) is 0.350. The molecule has 144 valence electrons. The molecule has 1 aliphatic heterocycles. The highest BCUT2D eigenvalue weighted by atomic mass is 19.3. The normalized spacial score (nSPS) is 17.2. The number of ether oxygens (including phenoxy) is 1. The first-order valence-electron chi connectivity index (χ1n) is 8.82. The van der Waals surface area contributed by atoms with Crippen LogP contribution in [0.3, 0.4) is 0 Å². The van der Waals surface area contributed by atoms with Crippen LogP contribution < -0.4 is 10.1 Å². The Labute approximate surface area is 155 Å². The van der Waals surface area contributed by atoms with Gasteiger partial charge in [-0.25, -0.2) is 4.39 Å². The molecule has 1 heterocycles. The second-order valence-corrected chi connectivity index (χ2v) is 6.38. The van der Waals surface area contributed by atoms with Crippen molar-refractivity contribution < 1.29 is 22.7 Å². The van der Waals surface area contributed by atoms with Crippen molar-refractivity contribution in [3.05, 3.63) is 65.5 Å². The van der Waals surface area contributed by atoms with Crippen LogP contribution in [0.2, 0.25) is 0 Å². The summed E-state index contributed by atoms with van der Waals surface area (Å²) in [5.41, 5.74) is 1.63. The van der Waals surface area contributed by atoms with Gasteiger partial charge in [0, 0.05) is 26.1 Å². The van der Waals surface area contributed by atoms with E-state index in [4.69, 9.17) is 0 Å². The van der Waals surface area contributed by atoms with Crippen molar-refractivity contribution in [2.24, 2.45) is 0 Å². The number of alkyl halides is 2. The number of hydrogen-bond donors (Lipinski definition) is 1. The van der Waals surface area contributed by atoms with Crippen LogP contribution in [0.1, 0.15) is 23.6 Å². The van der Waals surface area contributed by atoms with Crippen molar-refractivity contribution in [3.8, 4) is 5.75 Å². The number of amides is 1. The lowest BCUT2D eigenvalue weighted by molar-refractivity contribution is -0.134. The summed E-state index contributed by atoms with van der Waals surface area (Å²) in [5, 5.41) is 3.24. The number of halogens is 3. The zero-order chi connectivity index (χ0) is 19.2. The molecule has 1 fully saturated rings. The molecule has 4 nitrogen and oxygen atoms in total. The maximum Gasteiger partial charge on any atom is 0.387 e. The number of benzene rings is 2. The smallest absolute Gasteiger partial charge is 0.387 e. The lowest BCUT2D eigenvalue weighted by atomic mass is 10.0. The van der Waals surface area contributed by atoms with Crippen LogP contribution in [0.5, 0.6) is 5.75 Å². The third kappa shape index (κ3) is 5.23. The van der Waals surface area contributed by atoms with Crippen LogP contribution in [-0.2, 0) is 11.2 Å². The van der Waals surface area contributed by atoms with Gasteiger partial charge in [0.2, 0.25) is 5.91 Å². The van der Waals surface area contributed by atoms with E-state index in [-0.39, 0.29) is 23.5 Å². The van der Waals surface area contributed by atoms with Crippen LogP contribution in [0.25, 0.3) is 0 Å². The molecule has 1 saturated heterocycles. The maximum absolute atomic E-state index is 13.6. The van der Waals surface area contributed by atoms with Crippen LogP contribution >= 0.6 is 0 Å². The summed E-state index contributed by atoms with van der Waals surface area (Å²) in [4.78, 5) is 14.5. The molecule has 2 aromatic carbocycles. The van der Waals surface area contributed by atoms with Gasteiger partial charge in [-0.2, -0.15) is 8.78 Å². The van der Waals surface area contributed by atoms with Crippen molar-refractivity contribution in [3.63, 3.8) is 0 Å². The number of nitrogens with zero attached hydrogens (tertiary/aromatic N) is 1. The molecule has 0 radical (unpaired) electrons. The van der Waals surface area contributed by atoms with Gasteiger partial charge in [-0.1, -0.05) is 24.3 Å². The molecule has 0 bridgehead atoms. The average Bonchev–Trinajstić information content (AvgIpc) is 2.67. The van der Waals surface area contributed by atoms with E-state index in [9.17, 15) is 18.0 Å². The summed E-state index contributed by atoms with van der Waals surface area (Å²) in [7, 11) is 0. The zero-order valence-corrected chi connectivity index (χ0v) is 14.7. The lowest BCUT2D eigenvalue weighted by Gasteiger charge is -2.36. The minimum absolute atomic E-state index is 0.0151. The van der Waals surface area contributed by atoms with Gasteiger partial charge in [-0.3, -0.25) is 4.79 Å². The molecule has 0 spiro atoms. The maximum atomic E-state index is 13.6. The van der Waals surface area contributed by atoms with Gasteiger partial charge in [0.1, 0.15) is 11.6 Å². The standard InChI is InChI=1S/C20H21F3N2O2/c21-16-3-1-2-15(12-16)18-13-24-10-11-25(18)19(26)9-6-14-4-7-17(8-5-14)27-20(22)23/h1-5,7-8,12,18,20,24H,6,9-11,13H2. The third-order valence-electron chi connectivity index (χ3n) is 4.57.